The molecule has 3 N–H and O–H groups in total. The lowest BCUT2D eigenvalue weighted by Crippen LogP contribution is -2.24. The van der Waals surface area contributed by atoms with E-state index in [4.69, 9.17) is 12.2 Å². The zero-order chi connectivity index (χ0) is 19.2. The molecule has 7 heteroatoms. The molecule has 0 amide bonds. The van der Waals surface area contributed by atoms with E-state index < -0.39 is 0 Å². The van der Waals surface area contributed by atoms with E-state index in [1.807, 2.05) is 56.3 Å². The molecule has 0 aliphatic carbocycles. The molecule has 0 spiro atoms. The zero-order valence-corrected chi connectivity index (χ0v) is 17.0. The lowest BCUT2D eigenvalue weighted by Gasteiger charge is -2.07. The number of aromatic nitrogens is 1. The molecule has 3 rings (SSSR count). The zero-order valence-electron chi connectivity index (χ0n) is 15.4. The summed E-state index contributed by atoms with van der Waals surface area (Å²) < 4.78 is 0. The number of benzene rings is 2. The van der Waals surface area contributed by atoms with Crippen LogP contribution in [0.5, 0.6) is 0 Å². The van der Waals surface area contributed by atoms with E-state index in [-0.39, 0.29) is 0 Å². The van der Waals surface area contributed by atoms with Crippen molar-refractivity contribution in [2.75, 3.05) is 10.6 Å². The molecular formula is C20H21N5S2. The van der Waals surface area contributed by atoms with Crippen molar-refractivity contribution in [3.05, 3.63) is 70.7 Å². The smallest absolute Gasteiger partial charge is 0.191 e. The Bertz CT molecular complexity index is 946. The molecule has 138 valence electrons. The highest BCUT2D eigenvalue weighted by molar-refractivity contribution is 7.80. The Morgan fingerprint density at radius 3 is 2.41 bits per heavy atom. The number of nitrogens with one attached hydrogen (secondary N) is 3. The van der Waals surface area contributed by atoms with Crippen LogP contribution in [0.15, 0.2) is 59.7 Å². The van der Waals surface area contributed by atoms with Crippen molar-refractivity contribution >= 4 is 50.9 Å². The monoisotopic (exact) mass is 395 g/mol. The average Bonchev–Trinajstić information content (AvgIpc) is 3.03. The van der Waals surface area contributed by atoms with E-state index in [9.17, 15) is 0 Å². The van der Waals surface area contributed by atoms with Gasteiger partial charge in [-0.3, -0.25) is 5.43 Å². The van der Waals surface area contributed by atoms with Crippen LogP contribution in [-0.2, 0) is 0 Å². The molecule has 0 saturated heterocycles. The lowest BCUT2D eigenvalue weighted by molar-refractivity contribution is 1.04. The Kier molecular flexibility index (Phi) is 6.16. The molecule has 3 aromatic rings. The first kappa shape index (κ1) is 19.0. The van der Waals surface area contributed by atoms with Crippen LogP contribution in [0.3, 0.4) is 0 Å². The molecule has 0 atom stereocenters. The number of nitrogens with zero attached hydrogens (tertiary/aromatic N) is 2. The standard InChI is InChI=1S/C20H21N5S2/c1-13-9-11-17(12-10-13)23-20-21-14(2)18(27-20)15(3)24-25-19(26)22-16-7-5-4-6-8-16/h4-12H,1-3H3,(H,21,23)(H2,22,25,26)/b24-15+. The van der Waals surface area contributed by atoms with Gasteiger partial charge in [0.15, 0.2) is 10.2 Å². The van der Waals surface area contributed by atoms with Gasteiger partial charge in [-0.2, -0.15) is 5.10 Å². The van der Waals surface area contributed by atoms with Crippen molar-refractivity contribution in [1.29, 1.82) is 0 Å². The van der Waals surface area contributed by atoms with Gasteiger partial charge in [-0.25, -0.2) is 4.98 Å². The summed E-state index contributed by atoms with van der Waals surface area (Å²) in [6.07, 6.45) is 0. The van der Waals surface area contributed by atoms with E-state index in [1.54, 1.807) is 11.3 Å². The summed E-state index contributed by atoms with van der Waals surface area (Å²) in [5.74, 6) is 0. The number of hydrazone groups is 1. The third kappa shape index (κ3) is 5.35. The summed E-state index contributed by atoms with van der Waals surface area (Å²) >= 11 is 6.85. The number of anilines is 3. The Labute approximate surface area is 168 Å². The minimum absolute atomic E-state index is 0.445. The first-order valence-corrected chi connectivity index (χ1v) is 9.71. The maximum absolute atomic E-state index is 5.29. The predicted molar refractivity (Wildman–Crippen MR) is 119 cm³/mol. The van der Waals surface area contributed by atoms with Gasteiger partial charge >= 0.3 is 0 Å². The Hall–Kier alpha value is -2.77. The summed E-state index contributed by atoms with van der Waals surface area (Å²) in [5.41, 5.74) is 7.81. The van der Waals surface area contributed by atoms with Gasteiger partial charge in [0.1, 0.15) is 0 Å². The van der Waals surface area contributed by atoms with Gasteiger partial charge in [0.05, 0.1) is 16.3 Å². The van der Waals surface area contributed by atoms with Crippen LogP contribution in [-0.4, -0.2) is 15.8 Å². The number of aryl methyl sites for hydroxylation is 2. The number of para-hydroxylation sites is 1. The first-order valence-electron chi connectivity index (χ1n) is 8.49. The second-order valence-corrected chi connectivity index (χ2v) is 7.46. The fraction of sp³-hybridized carbons (Fsp3) is 0.150. The van der Waals surface area contributed by atoms with Crippen molar-refractivity contribution in [1.82, 2.24) is 10.4 Å². The molecule has 5 nitrogen and oxygen atoms in total. The SMILES string of the molecule is C/C(=N\NC(=S)Nc1ccccc1)c1sc(Nc2ccc(C)cc2)nc1C. The molecule has 0 aliphatic heterocycles. The Morgan fingerprint density at radius 1 is 1.00 bits per heavy atom. The van der Waals surface area contributed by atoms with Crippen molar-refractivity contribution in [3.8, 4) is 0 Å². The predicted octanol–water partition coefficient (Wildman–Crippen LogP) is 5.21. The summed E-state index contributed by atoms with van der Waals surface area (Å²) in [6, 6.07) is 18.0. The fourth-order valence-corrected chi connectivity index (χ4v) is 3.51. The molecule has 0 bridgehead atoms. The number of rotatable bonds is 5. The highest BCUT2D eigenvalue weighted by Crippen LogP contribution is 2.26. The van der Waals surface area contributed by atoms with Crippen molar-refractivity contribution < 1.29 is 0 Å². The lowest BCUT2D eigenvalue weighted by atomic mass is 10.2. The molecular weight excluding hydrogens is 374 g/mol. The number of hydrogen-bond donors (Lipinski definition) is 3. The molecule has 0 radical (unpaired) electrons. The second kappa shape index (κ2) is 8.75. The topological polar surface area (TPSA) is 61.3 Å². The second-order valence-electron chi connectivity index (χ2n) is 6.05. The van der Waals surface area contributed by atoms with Crippen LogP contribution < -0.4 is 16.1 Å². The summed E-state index contributed by atoms with van der Waals surface area (Å²) in [6.45, 7) is 5.99. The van der Waals surface area contributed by atoms with Crippen LogP contribution >= 0.6 is 23.6 Å². The van der Waals surface area contributed by atoms with Crippen LogP contribution in [0.4, 0.5) is 16.5 Å². The largest absolute Gasteiger partial charge is 0.332 e. The minimum Gasteiger partial charge on any atom is -0.332 e. The van der Waals surface area contributed by atoms with Crippen LogP contribution in [0.2, 0.25) is 0 Å². The molecule has 1 heterocycles. The third-order valence-electron chi connectivity index (χ3n) is 3.78. The van der Waals surface area contributed by atoms with Crippen LogP contribution in [0, 0.1) is 13.8 Å². The minimum atomic E-state index is 0.445. The molecule has 0 saturated carbocycles. The normalized spacial score (nSPS) is 11.1. The third-order valence-corrected chi connectivity index (χ3v) is 5.16. The van der Waals surface area contributed by atoms with Gasteiger partial charge in [0.2, 0.25) is 0 Å². The van der Waals surface area contributed by atoms with E-state index in [2.05, 4.69) is 45.2 Å². The number of thiazole rings is 1. The summed E-state index contributed by atoms with van der Waals surface area (Å²) in [5, 5.41) is 12.1. The van der Waals surface area contributed by atoms with Gasteiger partial charge in [-0.15, -0.1) is 0 Å². The highest BCUT2D eigenvalue weighted by atomic mass is 32.1. The van der Waals surface area contributed by atoms with Gasteiger partial charge < -0.3 is 10.6 Å². The van der Waals surface area contributed by atoms with E-state index in [1.165, 1.54) is 5.56 Å². The maximum Gasteiger partial charge on any atom is 0.191 e. The molecule has 27 heavy (non-hydrogen) atoms. The Morgan fingerprint density at radius 2 is 1.70 bits per heavy atom. The Balaban J connectivity index is 1.64. The van der Waals surface area contributed by atoms with E-state index >= 15 is 0 Å². The van der Waals surface area contributed by atoms with Crippen LogP contribution in [0.25, 0.3) is 0 Å². The van der Waals surface area contributed by atoms with E-state index in [0.29, 0.717) is 5.11 Å². The molecule has 0 aliphatic rings. The first-order chi connectivity index (χ1) is 13.0. The summed E-state index contributed by atoms with van der Waals surface area (Å²) in [4.78, 5) is 5.61. The summed E-state index contributed by atoms with van der Waals surface area (Å²) in [7, 11) is 0. The fourth-order valence-electron chi connectivity index (χ4n) is 2.41. The van der Waals surface area contributed by atoms with E-state index in [0.717, 1.165) is 32.8 Å². The van der Waals surface area contributed by atoms with Gasteiger partial charge in [-0.1, -0.05) is 47.2 Å². The maximum atomic E-state index is 5.29. The molecule has 2 aromatic carbocycles. The quantitative estimate of drug-likeness (QED) is 0.314. The highest BCUT2D eigenvalue weighted by Gasteiger charge is 2.11. The molecule has 1 aromatic heterocycles. The van der Waals surface area contributed by atoms with Gasteiger partial charge in [0.25, 0.3) is 0 Å². The van der Waals surface area contributed by atoms with Crippen molar-refractivity contribution in [3.63, 3.8) is 0 Å². The average molecular weight is 396 g/mol. The molecule has 0 fully saturated rings. The molecule has 0 unspecified atom stereocenters. The van der Waals surface area contributed by atoms with Gasteiger partial charge in [0, 0.05) is 11.4 Å². The van der Waals surface area contributed by atoms with Crippen LogP contribution in [0.1, 0.15) is 23.1 Å². The van der Waals surface area contributed by atoms with Gasteiger partial charge in [-0.05, 0) is 57.3 Å². The van der Waals surface area contributed by atoms with Crippen molar-refractivity contribution in [2.45, 2.75) is 20.8 Å². The number of hydrogen-bond acceptors (Lipinski definition) is 5. The number of thiocarbonyl (C=S) groups is 1. The van der Waals surface area contributed by atoms with Crippen molar-refractivity contribution in [2.24, 2.45) is 5.10 Å².